The Morgan fingerprint density at radius 1 is 1.22 bits per heavy atom. The molecular formula is C12H25ClN4O. The van der Waals surface area contributed by atoms with Crippen molar-refractivity contribution in [3.05, 3.63) is 11.7 Å². The fourth-order valence-corrected chi connectivity index (χ4v) is 1.67. The smallest absolute Gasteiger partial charge is 0.240 e. The van der Waals surface area contributed by atoms with Crippen molar-refractivity contribution in [1.29, 1.82) is 0 Å². The second-order valence-electron chi connectivity index (χ2n) is 5.01. The number of hydrogen-bond donors (Lipinski definition) is 1. The van der Waals surface area contributed by atoms with Gasteiger partial charge in [-0.15, -0.1) is 12.4 Å². The first-order valence-electron chi connectivity index (χ1n) is 6.31. The van der Waals surface area contributed by atoms with Crippen molar-refractivity contribution < 1.29 is 4.52 Å². The van der Waals surface area contributed by atoms with Crippen LogP contribution in [-0.4, -0.2) is 28.1 Å². The minimum absolute atomic E-state index is 0. The second-order valence-corrected chi connectivity index (χ2v) is 5.01. The van der Waals surface area contributed by atoms with E-state index in [0.29, 0.717) is 18.3 Å². The van der Waals surface area contributed by atoms with E-state index in [0.717, 1.165) is 25.9 Å². The van der Waals surface area contributed by atoms with Crippen LogP contribution < -0.4 is 5.73 Å². The Morgan fingerprint density at radius 3 is 2.17 bits per heavy atom. The molecule has 1 aromatic rings. The van der Waals surface area contributed by atoms with Gasteiger partial charge in [0.1, 0.15) is 0 Å². The van der Waals surface area contributed by atoms with E-state index in [1.807, 2.05) is 13.8 Å². The third kappa shape index (κ3) is 5.33. The van der Waals surface area contributed by atoms with Gasteiger partial charge in [-0.2, -0.15) is 4.98 Å². The number of rotatable bonds is 7. The van der Waals surface area contributed by atoms with Gasteiger partial charge in [-0.1, -0.05) is 19.0 Å². The average molecular weight is 277 g/mol. The molecule has 0 spiro atoms. The maximum absolute atomic E-state index is 5.92. The van der Waals surface area contributed by atoms with Crippen LogP contribution in [0.3, 0.4) is 0 Å². The van der Waals surface area contributed by atoms with Gasteiger partial charge in [-0.25, -0.2) is 0 Å². The van der Waals surface area contributed by atoms with Crippen molar-refractivity contribution >= 4 is 12.4 Å². The highest BCUT2D eigenvalue weighted by atomic mass is 35.5. The molecule has 0 saturated heterocycles. The Morgan fingerprint density at radius 2 is 1.78 bits per heavy atom. The molecule has 0 radical (unpaired) electrons. The van der Waals surface area contributed by atoms with E-state index < -0.39 is 5.54 Å². The molecular weight excluding hydrogens is 252 g/mol. The number of aromatic nitrogens is 2. The third-order valence-electron chi connectivity index (χ3n) is 2.48. The van der Waals surface area contributed by atoms with Crippen LogP contribution >= 0.6 is 12.4 Å². The molecule has 2 N–H and O–H groups in total. The van der Waals surface area contributed by atoms with E-state index in [9.17, 15) is 0 Å². The van der Waals surface area contributed by atoms with Gasteiger partial charge in [0, 0.05) is 0 Å². The highest BCUT2D eigenvalue weighted by molar-refractivity contribution is 5.85. The van der Waals surface area contributed by atoms with Crippen molar-refractivity contribution in [2.45, 2.75) is 52.6 Å². The normalized spacial score (nSPS) is 11.7. The lowest BCUT2D eigenvalue weighted by atomic mass is 10.1. The topological polar surface area (TPSA) is 68.2 Å². The molecule has 18 heavy (non-hydrogen) atoms. The summed E-state index contributed by atoms with van der Waals surface area (Å²) in [5.41, 5.74) is 5.38. The van der Waals surface area contributed by atoms with Crippen LogP contribution in [0.25, 0.3) is 0 Å². The van der Waals surface area contributed by atoms with Crippen LogP contribution in [0.5, 0.6) is 0 Å². The Labute approximate surface area is 116 Å². The summed E-state index contributed by atoms with van der Waals surface area (Å²) in [7, 11) is 0. The monoisotopic (exact) mass is 276 g/mol. The first-order valence-corrected chi connectivity index (χ1v) is 6.31. The molecule has 0 bridgehead atoms. The van der Waals surface area contributed by atoms with E-state index in [-0.39, 0.29) is 12.4 Å². The van der Waals surface area contributed by atoms with E-state index in [4.69, 9.17) is 10.3 Å². The van der Waals surface area contributed by atoms with Gasteiger partial charge in [-0.3, -0.25) is 4.90 Å². The fourth-order valence-electron chi connectivity index (χ4n) is 1.67. The zero-order chi connectivity index (χ0) is 12.9. The fraction of sp³-hybridized carbons (Fsp3) is 0.833. The molecule has 0 atom stereocenters. The summed E-state index contributed by atoms with van der Waals surface area (Å²) in [6.45, 7) is 10.9. The predicted octanol–water partition coefficient (Wildman–Crippen LogP) is 2.31. The molecule has 0 aromatic carbocycles. The van der Waals surface area contributed by atoms with E-state index in [2.05, 4.69) is 28.9 Å². The summed E-state index contributed by atoms with van der Waals surface area (Å²) in [5.74, 6) is 1.22. The summed E-state index contributed by atoms with van der Waals surface area (Å²) < 4.78 is 5.23. The van der Waals surface area contributed by atoms with Crippen LogP contribution in [0, 0.1) is 0 Å². The number of hydrogen-bond acceptors (Lipinski definition) is 5. The van der Waals surface area contributed by atoms with Crippen LogP contribution in [0.15, 0.2) is 4.52 Å². The number of nitrogens with zero attached hydrogens (tertiary/aromatic N) is 3. The van der Waals surface area contributed by atoms with Crippen LogP contribution in [-0.2, 0) is 12.1 Å². The second kappa shape index (κ2) is 7.71. The molecule has 1 rings (SSSR count). The van der Waals surface area contributed by atoms with Crippen LogP contribution in [0.2, 0.25) is 0 Å². The number of halogens is 1. The highest BCUT2D eigenvalue weighted by Crippen LogP contribution is 2.13. The van der Waals surface area contributed by atoms with Gasteiger partial charge < -0.3 is 10.3 Å². The maximum Gasteiger partial charge on any atom is 0.240 e. The van der Waals surface area contributed by atoms with Crippen molar-refractivity contribution in [3.8, 4) is 0 Å². The van der Waals surface area contributed by atoms with Crippen molar-refractivity contribution in [1.82, 2.24) is 15.0 Å². The molecule has 0 unspecified atom stereocenters. The molecule has 106 valence electrons. The predicted molar refractivity (Wildman–Crippen MR) is 74.6 cm³/mol. The molecule has 5 nitrogen and oxygen atoms in total. The number of nitrogens with two attached hydrogens (primary N) is 1. The average Bonchev–Trinajstić information content (AvgIpc) is 2.66. The summed E-state index contributed by atoms with van der Waals surface area (Å²) in [5, 5.41) is 3.92. The molecule has 0 aliphatic carbocycles. The lowest BCUT2D eigenvalue weighted by molar-refractivity contribution is 0.226. The largest absolute Gasteiger partial charge is 0.338 e. The quantitative estimate of drug-likeness (QED) is 0.828. The molecule has 1 aromatic heterocycles. The summed E-state index contributed by atoms with van der Waals surface area (Å²) >= 11 is 0. The zero-order valence-electron chi connectivity index (χ0n) is 11.8. The molecule has 0 aliphatic heterocycles. The Hall–Kier alpha value is -0.650. The summed E-state index contributed by atoms with van der Waals surface area (Å²) in [6.07, 6.45) is 2.26. The SMILES string of the molecule is CCCN(CCC)Cc1nc(C(C)(C)N)no1.Cl. The minimum atomic E-state index is -0.540. The molecule has 1 heterocycles. The van der Waals surface area contributed by atoms with Gasteiger partial charge in [-0.05, 0) is 39.8 Å². The van der Waals surface area contributed by atoms with Crippen molar-refractivity contribution in [3.63, 3.8) is 0 Å². The van der Waals surface area contributed by atoms with Gasteiger partial charge >= 0.3 is 0 Å². The zero-order valence-corrected chi connectivity index (χ0v) is 12.6. The van der Waals surface area contributed by atoms with Crippen molar-refractivity contribution in [2.75, 3.05) is 13.1 Å². The van der Waals surface area contributed by atoms with Crippen LogP contribution in [0.1, 0.15) is 52.3 Å². The lowest BCUT2D eigenvalue weighted by Gasteiger charge is -2.18. The third-order valence-corrected chi connectivity index (χ3v) is 2.48. The van der Waals surface area contributed by atoms with Crippen LogP contribution in [0.4, 0.5) is 0 Å². The Bertz CT molecular complexity index is 329. The molecule has 0 amide bonds. The van der Waals surface area contributed by atoms with Crippen molar-refractivity contribution in [2.24, 2.45) is 5.73 Å². The highest BCUT2D eigenvalue weighted by Gasteiger charge is 2.22. The first-order chi connectivity index (χ1) is 7.97. The molecule has 0 saturated carbocycles. The van der Waals surface area contributed by atoms with Gasteiger partial charge in [0.2, 0.25) is 5.89 Å². The molecule has 0 aliphatic rings. The van der Waals surface area contributed by atoms with E-state index in [1.54, 1.807) is 0 Å². The summed E-state index contributed by atoms with van der Waals surface area (Å²) in [6, 6.07) is 0. The van der Waals surface area contributed by atoms with E-state index >= 15 is 0 Å². The lowest BCUT2D eigenvalue weighted by Crippen LogP contribution is -2.30. The molecule has 6 heteroatoms. The standard InChI is InChI=1S/C12H24N4O.ClH/c1-5-7-16(8-6-2)9-10-14-11(15-17-10)12(3,4)13;/h5-9,13H2,1-4H3;1H. The van der Waals surface area contributed by atoms with Gasteiger partial charge in [0.25, 0.3) is 0 Å². The van der Waals surface area contributed by atoms with Gasteiger partial charge in [0.15, 0.2) is 5.82 Å². The summed E-state index contributed by atoms with van der Waals surface area (Å²) in [4.78, 5) is 6.66. The Kier molecular flexibility index (Phi) is 7.43. The first kappa shape index (κ1) is 17.4. The maximum atomic E-state index is 5.92. The minimum Gasteiger partial charge on any atom is -0.338 e. The Balaban J connectivity index is 0.00000289. The van der Waals surface area contributed by atoms with E-state index in [1.165, 1.54) is 0 Å². The molecule has 0 fully saturated rings. The van der Waals surface area contributed by atoms with Gasteiger partial charge in [0.05, 0.1) is 12.1 Å².